The second kappa shape index (κ2) is 6.71. The average Bonchev–Trinajstić information content (AvgIpc) is 2.53. The lowest BCUT2D eigenvalue weighted by Crippen LogP contribution is -2.24. The van der Waals surface area contributed by atoms with Gasteiger partial charge in [0.2, 0.25) is 0 Å². The summed E-state index contributed by atoms with van der Waals surface area (Å²) < 4.78 is 17.8. The quantitative estimate of drug-likeness (QED) is 0.889. The molecule has 2 aromatic carbocycles. The standard InChI is InChI=1S/C16H14FNO4/c1-22-14-12(3-2-4-13(14)16(20)21)15(19)18-9-10-5-7-11(17)8-6-10/h2-8H,9H2,1H3,(H,18,19)(H,20,21). The molecule has 2 N–H and O–H groups in total. The van der Waals surface area contributed by atoms with Gasteiger partial charge < -0.3 is 15.2 Å². The van der Waals surface area contributed by atoms with Crippen LogP contribution >= 0.6 is 0 Å². The third kappa shape index (κ3) is 3.41. The van der Waals surface area contributed by atoms with Gasteiger partial charge in [-0.2, -0.15) is 0 Å². The molecule has 0 unspecified atom stereocenters. The summed E-state index contributed by atoms with van der Waals surface area (Å²) in [6.45, 7) is 0.194. The van der Waals surface area contributed by atoms with Crippen LogP contribution in [0, 0.1) is 5.82 Å². The highest BCUT2D eigenvalue weighted by atomic mass is 19.1. The number of amides is 1. The lowest BCUT2D eigenvalue weighted by atomic mass is 10.1. The first kappa shape index (κ1) is 15.5. The van der Waals surface area contributed by atoms with Gasteiger partial charge in [0.25, 0.3) is 5.91 Å². The maximum absolute atomic E-state index is 12.8. The molecule has 0 bridgehead atoms. The van der Waals surface area contributed by atoms with Gasteiger partial charge in [0.05, 0.1) is 12.7 Å². The number of carboxylic acids is 1. The number of nitrogens with one attached hydrogen (secondary N) is 1. The Morgan fingerprint density at radius 3 is 2.36 bits per heavy atom. The molecule has 6 heteroatoms. The zero-order valence-electron chi connectivity index (χ0n) is 11.8. The van der Waals surface area contributed by atoms with Gasteiger partial charge in [0, 0.05) is 6.54 Å². The molecule has 1 amide bonds. The third-order valence-corrected chi connectivity index (χ3v) is 3.06. The number of ether oxygens (including phenoxy) is 1. The fraction of sp³-hybridized carbons (Fsp3) is 0.125. The molecule has 22 heavy (non-hydrogen) atoms. The second-order valence-electron chi connectivity index (χ2n) is 4.50. The molecular formula is C16H14FNO4. The number of carbonyl (C=O) groups excluding carboxylic acids is 1. The van der Waals surface area contributed by atoms with Crippen molar-refractivity contribution in [1.82, 2.24) is 5.32 Å². The molecule has 0 radical (unpaired) electrons. The van der Waals surface area contributed by atoms with Gasteiger partial charge in [-0.1, -0.05) is 18.2 Å². The minimum absolute atomic E-state index is 0.00612. The number of rotatable bonds is 5. The van der Waals surface area contributed by atoms with E-state index in [0.29, 0.717) is 0 Å². The Morgan fingerprint density at radius 2 is 1.77 bits per heavy atom. The zero-order chi connectivity index (χ0) is 16.1. The van der Waals surface area contributed by atoms with Crippen molar-refractivity contribution in [1.29, 1.82) is 0 Å². The van der Waals surface area contributed by atoms with Crippen molar-refractivity contribution in [2.45, 2.75) is 6.54 Å². The van der Waals surface area contributed by atoms with E-state index in [-0.39, 0.29) is 29.2 Å². The summed E-state index contributed by atoms with van der Waals surface area (Å²) in [6.07, 6.45) is 0. The van der Waals surface area contributed by atoms with Crippen molar-refractivity contribution in [2.75, 3.05) is 7.11 Å². The largest absolute Gasteiger partial charge is 0.495 e. The first-order valence-electron chi connectivity index (χ1n) is 6.46. The monoisotopic (exact) mass is 303 g/mol. The molecular weight excluding hydrogens is 289 g/mol. The molecule has 0 saturated heterocycles. The predicted octanol–water partition coefficient (Wildman–Crippen LogP) is 2.46. The first-order valence-corrected chi connectivity index (χ1v) is 6.46. The number of carboxylic acid groups (broad SMARTS) is 1. The summed E-state index contributed by atoms with van der Waals surface area (Å²) >= 11 is 0. The van der Waals surface area contributed by atoms with Crippen molar-refractivity contribution in [3.05, 3.63) is 65.0 Å². The van der Waals surface area contributed by atoms with Crippen LogP contribution in [0.3, 0.4) is 0 Å². The van der Waals surface area contributed by atoms with E-state index in [9.17, 15) is 14.0 Å². The molecule has 0 aromatic heterocycles. The van der Waals surface area contributed by atoms with Crippen LogP contribution in [-0.2, 0) is 6.54 Å². The fourth-order valence-corrected chi connectivity index (χ4v) is 1.98. The molecule has 0 spiro atoms. The number of hydrogen-bond donors (Lipinski definition) is 2. The number of halogens is 1. The van der Waals surface area contributed by atoms with E-state index in [4.69, 9.17) is 9.84 Å². The Kier molecular flexibility index (Phi) is 4.73. The second-order valence-corrected chi connectivity index (χ2v) is 4.50. The maximum Gasteiger partial charge on any atom is 0.339 e. The number of hydrogen-bond acceptors (Lipinski definition) is 3. The lowest BCUT2D eigenvalue weighted by molar-refractivity contribution is 0.0693. The Labute approximate surface area is 126 Å². The third-order valence-electron chi connectivity index (χ3n) is 3.06. The first-order chi connectivity index (χ1) is 10.5. The van der Waals surface area contributed by atoms with Gasteiger partial charge in [-0.15, -0.1) is 0 Å². The van der Waals surface area contributed by atoms with E-state index in [2.05, 4.69) is 5.32 Å². The lowest BCUT2D eigenvalue weighted by Gasteiger charge is -2.11. The zero-order valence-corrected chi connectivity index (χ0v) is 11.8. The summed E-state index contributed by atoms with van der Waals surface area (Å²) in [5.74, 6) is -1.99. The molecule has 114 valence electrons. The van der Waals surface area contributed by atoms with Gasteiger partial charge in [-0.25, -0.2) is 9.18 Å². The normalized spacial score (nSPS) is 10.1. The molecule has 5 nitrogen and oxygen atoms in total. The van der Waals surface area contributed by atoms with Crippen molar-refractivity contribution < 1.29 is 23.8 Å². The average molecular weight is 303 g/mol. The van der Waals surface area contributed by atoms with E-state index < -0.39 is 11.9 Å². The van der Waals surface area contributed by atoms with Crippen molar-refractivity contribution >= 4 is 11.9 Å². The molecule has 0 saturated carbocycles. The molecule has 0 atom stereocenters. The summed E-state index contributed by atoms with van der Waals surface area (Å²) in [6, 6.07) is 10.0. The van der Waals surface area contributed by atoms with Gasteiger partial charge in [0.1, 0.15) is 17.1 Å². The molecule has 0 heterocycles. The van der Waals surface area contributed by atoms with Gasteiger partial charge in [-0.05, 0) is 29.8 Å². The molecule has 0 aliphatic rings. The van der Waals surface area contributed by atoms with Crippen LogP contribution in [0.25, 0.3) is 0 Å². The number of benzene rings is 2. The number of carbonyl (C=O) groups is 2. The van der Waals surface area contributed by atoms with Gasteiger partial charge in [0.15, 0.2) is 0 Å². The topological polar surface area (TPSA) is 75.6 Å². The Balaban J connectivity index is 2.17. The highest BCUT2D eigenvalue weighted by Crippen LogP contribution is 2.23. The van der Waals surface area contributed by atoms with Crippen LogP contribution in [-0.4, -0.2) is 24.1 Å². The summed E-state index contributed by atoms with van der Waals surface area (Å²) in [7, 11) is 1.30. The van der Waals surface area contributed by atoms with Crippen LogP contribution in [0.5, 0.6) is 5.75 Å². The maximum atomic E-state index is 12.8. The highest BCUT2D eigenvalue weighted by molar-refractivity contribution is 6.01. The summed E-state index contributed by atoms with van der Waals surface area (Å²) in [5, 5.41) is 11.7. The Morgan fingerprint density at radius 1 is 1.14 bits per heavy atom. The van der Waals surface area contributed by atoms with Crippen molar-refractivity contribution in [2.24, 2.45) is 0 Å². The summed E-state index contributed by atoms with van der Waals surface area (Å²) in [4.78, 5) is 23.3. The number of para-hydroxylation sites is 1. The number of aromatic carboxylic acids is 1. The number of methoxy groups -OCH3 is 1. The van der Waals surface area contributed by atoms with Crippen LogP contribution in [0.1, 0.15) is 26.3 Å². The molecule has 0 aliphatic carbocycles. The smallest absolute Gasteiger partial charge is 0.339 e. The van der Waals surface area contributed by atoms with Crippen LogP contribution in [0.2, 0.25) is 0 Å². The van der Waals surface area contributed by atoms with E-state index in [1.807, 2.05) is 0 Å². The van der Waals surface area contributed by atoms with Crippen LogP contribution in [0.15, 0.2) is 42.5 Å². The van der Waals surface area contributed by atoms with E-state index in [1.54, 1.807) is 12.1 Å². The Hall–Kier alpha value is -2.89. The molecule has 2 rings (SSSR count). The van der Waals surface area contributed by atoms with Gasteiger partial charge >= 0.3 is 5.97 Å². The summed E-state index contributed by atoms with van der Waals surface area (Å²) in [5.41, 5.74) is 0.768. The van der Waals surface area contributed by atoms with Crippen LogP contribution in [0.4, 0.5) is 4.39 Å². The van der Waals surface area contributed by atoms with Crippen molar-refractivity contribution in [3.63, 3.8) is 0 Å². The minimum Gasteiger partial charge on any atom is -0.495 e. The van der Waals surface area contributed by atoms with Gasteiger partial charge in [-0.3, -0.25) is 4.79 Å². The SMILES string of the molecule is COc1c(C(=O)O)cccc1C(=O)NCc1ccc(F)cc1. The Bertz CT molecular complexity index is 698. The molecule has 0 aliphatic heterocycles. The molecule has 0 fully saturated rings. The van der Waals surface area contributed by atoms with E-state index in [0.717, 1.165) is 5.56 Å². The predicted molar refractivity (Wildman–Crippen MR) is 77.5 cm³/mol. The minimum atomic E-state index is -1.18. The fourth-order valence-electron chi connectivity index (χ4n) is 1.98. The molecule has 2 aromatic rings. The van der Waals surface area contributed by atoms with E-state index in [1.165, 1.54) is 37.4 Å². The van der Waals surface area contributed by atoms with E-state index >= 15 is 0 Å². The van der Waals surface area contributed by atoms with Crippen LogP contribution < -0.4 is 10.1 Å². The van der Waals surface area contributed by atoms with Crippen molar-refractivity contribution in [3.8, 4) is 5.75 Å². The highest BCUT2D eigenvalue weighted by Gasteiger charge is 2.19.